The van der Waals surface area contributed by atoms with Gasteiger partial charge in [-0.3, -0.25) is 14.3 Å². The first-order chi connectivity index (χ1) is 17.0. The molecule has 1 aliphatic rings. The predicted molar refractivity (Wildman–Crippen MR) is 115 cm³/mol. The predicted octanol–water partition coefficient (Wildman–Crippen LogP) is 1.82. The molecule has 0 bridgehead atoms. The van der Waals surface area contributed by atoms with Crippen molar-refractivity contribution in [3.05, 3.63) is 64.2 Å². The Labute approximate surface area is 198 Å². The Kier molecular flexibility index (Phi) is 5.12. The van der Waals surface area contributed by atoms with Crippen molar-refractivity contribution in [2.24, 2.45) is 5.73 Å². The first-order valence-corrected chi connectivity index (χ1v) is 10.4. The van der Waals surface area contributed by atoms with E-state index in [4.69, 9.17) is 15.0 Å². The zero-order valence-corrected chi connectivity index (χ0v) is 18.6. The molecule has 36 heavy (non-hydrogen) atoms. The SMILES string of the molecule is Cc1noc(C)c1-c1ccc2c3c1OC(C(N)=O)C(c1ccccn1)n3c(=O)n2OC(=O)C(F)(F)F. The second-order valence-electron chi connectivity index (χ2n) is 7.97. The van der Waals surface area contributed by atoms with Gasteiger partial charge in [-0.1, -0.05) is 11.2 Å². The summed E-state index contributed by atoms with van der Waals surface area (Å²) in [4.78, 5) is 46.2. The Morgan fingerprint density at radius 3 is 2.50 bits per heavy atom. The van der Waals surface area contributed by atoms with Crippen molar-refractivity contribution >= 4 is 22.9 Å². The van der Waals surface area contributed by atoms with Crippen LogP contribution in [0.15, 0.2) is 45.8 Å². The van der Waals surface area contributed by atoms with Crippen molar-refractivity contribution in [2.45, 2.75) is 32.2 Å². The molecule has 4 heterocycles. The van der Waals surface area contributed by atoms with Crippen LogP contribution < -0.4 is 21.0 Å². The number of nitrogens with two attached hydrogens (primary N) is 1. The minimum atomic E-state index is -5.37. The maximum atomic E-state index is 13.5. The van der Waals surface area contributed by atoms with Crippen LogP contribution in [0.25, 0.3) is 22.2 Å². The summed E-state index contributed by atoms with van der Waals surface area (Å²) in [6.07, 6.45) is -5.48. The van der Waals surface area contributed by atoms with E-state index in [1.807, 2.05) is 0 Å². The van der Waals surface area contributed by atoms with Gasteiger partial charge in [0.25, 0.3) is 5.91 Å². The Morgan fingerprint density at radius 2 is 1.92 bits per heavy atom. The summed E-state index contributed by atoms with van der Waals surface area (Å²) in [6.45, 7) is 3.28. The molecular formula is C22H16F3N5O6. The van der Waals surface area contributed by atoms with Gasteiger partial charge in [0, 0.05) is 11.8 Å². The molecule has 0 fully saturated rings. The van der Waals surface area contributed by atoms with E-state index in [9.17, 15) is 27.6 Å². The summed E-state index contributed by atoms with van der Waals surface area (Å²) in [5, 5.41) is 3.89. The van der Waals surface area contributed by atoms with Crippen LogP contribution in [-0.4, -0.2) is 43.6 Å². The normalized spacial score (nSPS) is 17.1. The second kappa shape index (κ2) is 7.96. The van der Waals surface area contributed by atoms with Crippen LogP contribution in [0.1, 0.15) is 23.2 Å². The van der Waals surface area contributed by atoms with E-state index in [0.717, 1.165) is 4.57 Å². The van der Waals surface area contributed by atoms with Crippen LogP contribution in [-0.2, 0) is 9.59 Å². The van der Waals surface area contributed by atoms with E-state index in [-0.39, 0.29) is 27.2 Å². The molecule has 14 heteroatoms. The van der Waals surface area contributed by atoms with Gasteiger partial charge in [-0.2, -0.15) is 13.2 Å². The zero-order valence-electron chi connectivity index (χ0n) is 18.6. The molecule has 2 N–H and O–H groups in total. The molecule has 0 saturated heterocycles. The summed E-state index contributed by atoms with van der Waals surface area (Å²) in [7, 11) is 0. The number of carbonyl (C=O) groups excluding carboxylic acids is 2. The molecule has 1 aliphatic heterocycles. The van der Waals surface area contributed by atoms with Crippen LogP contribution in [0.2, 0.25) is 0 Å². The van der Waals surface area contributed by atoms with E-state index in [1.165, 1.54) is 24.4 Å². The number of hydrogen-bond donors (Lipinski definition) is 1. The largest absolute Gasteiger partial charge is 0.493 e. The highest BCUT2D eigenvalue weighted by atomic mass is 19.4. The van der Waals surface area contributed by atoms with Gasteiger partial charge in [-0.05, 0) is 38.1 Å². The number of amides is 1. The van der Waals surface area contributed by atoms with Gasteiger partial charge in [-0.15, -0.1) is 4.73 Å². The van der Waals surface area contributed by atoms with Crippen molar-refractivity contribution in [2.75, 3.05) is 0 Å². The molecule has 11 nitrogen and oxygen atoms in total. The van der Waals surface area contributed by atoms with E-state index >= 15 is 0 Å². The number of aromatic nitrogens is 4. The zero-order chi connectivity index (χ0) is 25.9. The van der Waals surface area contributed by atoms with Gasteiger partial charge >= 0.3 is 17.8 Å². The number of benzene rings is 1. The van der Waals surface area contributed by atoms with E-state index in [2.05, 4.69) is 15.0 Å². The third kappa shape index (κ3) is 3.40. The van der Waals surface area contributed by atoms with E-state index in [0.29, 0.717) is 22.6 Å². The topological polar surface area (TPSA) is 144 Å². The first-order valence-electron chi connectivity index (χ1n) is 10.4. The molecule has 186 valence electrons. The van der Waals surface area contributed by atoms with Gasteiger partial charge in [-0.25, -0.2) is 9.59 Å². The van der Waals surface area contributed by atoms with Crippen molar-refractivity contribution in [3.63, 3.8) is 0 Å². The van der Waals surface area contributed by atoms with Crippen LogP contribution in [0, 0.1) is 13.8 Å². The number of imidazole rings is 1. The van der Waals surface area contributed by atoms with Crippen LogP contribution >= 0.6 is 0 Å². The molecule has 3 aromatic heterocycles. The number of nitrogens with zero attached hydrogens (tertiary/aromatic N) is 4. The molecule has 0 spiro atoms. The van der Waals surface area contributed by atoms with Crippen molar-refractivity contribution in [3.8, 4) is 16.9 Å². The number of primary amides is 1. The summed E-state index contributed by atoms with van der Waals surface area (Å²) >= 11 is 0. The molecule has 5 rings (SSSR count). The number of carbonyl (C=O) groups is 2. The third-order valence-corrected chi connectivity index (χ3v) is 5.74. The van der Waals surface area contributed by atoms with Crippen LogP contribution in [0.3, 0.4) is 0 Å². The summed E-state index contributed by atoms with van der Waals surface area (Å²) in [5.41, 5.74) is 5.61. The molecule has 2 unspecified atom stereocenters. The fourth-order valence-corrected chi connectivity index (χ4v) is 4.30. The number of ether oxygens (including phenoxy) is 1. The van der Waals surface area contributed by atoms with Gasteiger partial charge in [0.05, 0.1) is 17.0 Å². The summed E-state index contributed by atoms with van der Waals surface area (Å²) < 4.78 is 51.4. The average molecular weight is 503 g/mol. The average Bonchev–Trinajstić information content (AvgIpc) is 3.31. The fraction of sp³-hybridized carbons (Fsp3) is 0.227. The molecule has 4 aromatic rings. The minimum Gasteiger partial charge on any atom is -0.475 e. The number of aryl methyl sites for hydroxylation is 2. The van der Waals surface area contributed by atoms with E-state index < -0.39 is 35.9 Å². The highest BCUT2D eigenvalue weighted by Crippen LogP contribution is 2.45. The fourth-order valence-electron chi connectivity index (χ4n) is 4.30. The Balaban J connectivity index is 1.87. The molecule has 0 saturated carbocycles. The van der Waals surface area contributed by atoms with Crippen molar-refractivity contribution in [1.29, 1.82) is 0 Å². The molecule has 0 radical (unpaired) electrons. The first kappa shape index (κ1) is 23.1. The molecule has 1 amide bonds. The maximum Gasteiger partial charge on any atom is 0.493 e. The number of hydrogen-bond acceptors (Lipinski definition) is 8. The second-order valence-corrected chi connectivity index (χ2v) is 7.97. The van der Waals surface area contributed by atoms with Gasteiger partial charge in [0.1, 0.15) is 22.8 Å². The Bertz CT molecular complexity index is 1570. The molecule has 1 aromatic carbocycles. The lowest BCUT2D eigenvalue weighted by molar-refractivity contribution is -0.199. The van der Waals surface area contributed by atoms with Crippen LogP contribution in [0.5, 0.6) is 5.75 Å². The van der Waals surface area contributed by atoms with Gasteiger partial charge in [0.2, 0.25) is 6.10 Å². The van der Waals surface area contributed by atoms with Crippen LogP contribution in [0.4, 0.5) is 13.2 Å². The highest BCUT2D eigenvalue weighted by molar-refractivity contribution is 5.94. The number of pyridine rings is 1. The minimum absolute atomic E-state index is 0.0411. The monoisotopic (exact) mass is 503 g/mol. The van der Waals surface area contributed by atoms with E-state index in [1.54, 1.807) is 26.0 Å². The molecule has 2 atom stereocenters. The summed E-state index contributed by atoms with van der Waals surface area (Å²) in [5.74, 6) is -3.26. The number of halogens is 3. The Hall–Kier alpha value is -4.62. The van der Waals surface area contributed by atoms with Crippen molar-refractivity contribution < 1.29 is 36.9 Å². The lowest BCUT2D eigenvalue weighted by atomic mass is 9.98. The van der Waals surface area contributed by atoms with Gasteiger partial charge < -0.3 is 19.8 Å². The number of alkyl halides is 3. The Morgan fingerprint density at radius 1 is 1.17 bits per heavy atom. The smallest absolute Gasteiger partial charge is 0.475 e. The maximum absolute atomic E-state index is 13.5. The van der Waals surface area contributed by atoms with Gasteiger partial charge in [0.15, 0.2) is 5.75 Å². The lowest BCUT2D eigenvalue weighted by Crippen LogP contribution is -2.47. The molecule has 0 aliphatic carbocycles. The quantitative estimate of drug-likeness (QED) is 0.444. The highest BCUT2D eigenvalue weighted by Gasteiger charge is 2.45. The lowest BCUT2D eigenvalue weighted by Gasteiger charge is -2.31. The third-order valence-electron chi connectivity index (χ3n) is 5.74. The summed E-state index contributed by atoms with van der Waals surface area (Å²) in [6, 6.07) is 6.08. The number of rotatable bonds is 4. The molecular weight excluding hydrogens is 487 g/mol. The standard InChI is InChI=1S/C22H16F3N5O6/c1-9-14(10(2)35-28-9)11-6-7-13-16-17(11)34-18(19(26)31)15(12-5-3-4-8-27-12)29(16)21(33)30(13)36-20(32)22(23,24)25/h3-8,15,18H,1-2H3,(H2,26,31). The van der Waals surface area contributed by atoms with Crippen molar-refractivity contribution in [1.82, 2.24) is 19.4 Å².